The molecule has 122 valence electrons. The van der Waals surface area contributed by atoms with Crippen LogP contribution in [0.2, 0.25) is 5.02 Å². The van der Waals surface area contributed by atoms with Gasteiger partial charge in [0, 0.05) is 30.0 Å². The highest BCUT2D eigenvalue weighted by Crippen LogP contribution is 2.21. The second-order valence-corrected chi connectivity index (χ2v) is 6.04. The van der Waals surface area contributed by atoms with E-state index >= 15 is 0 Å². The van der Waals surface area contributed by atoms with E-state index in [1.165, 1.54) is 0 Å². The van der Waals surface area contributed by atoms with E-state index < -0.39 is 0 Å². The first-order valence-corrected chi connectivity index (χ1v) is 8.54. The molecule has 0 fully saturated rings. The van der Waals surface area contributed by atoms with Gasteiger partial charge in [-0.1, -0.05) is 31.9 Å². The Morgan fingerprint density at radius 1 is 1.05 bits per heavy atom. The van der Waals surface area contributed by atoms with E-state index in [-0.39, 0.29) is 5.91 Å². The van der Waals surface area contributed by atoms with Gasteiger partial charge in [0.2, 0.25) is 5.91 Å². The van der Waals surface area contributed by atoms with Crippen LogP contribution in [0.3, 0.4) is 0 Å². The Morgan fingerprint density at radius 2 is 1.82 bits per heavy atom. The third-order valence-corrected chi connectivity index (χ3v) is 3.73. The number of Topliss-reactive ketones (excluding diaryl/α,β-unsaturated/α-hetero) is 1. The molecule has 0 unspecified atom stereocenters. The van der Waals surface area contributed by atoms with Crippen molar-refractivity contribution in [3.8, 4) is 0 Å². The second-order valence-electron chi connectivity index (χ2n) is 5.60. The molecule has 0 aliphatic heterocycles. The van der Waals surface area contributed by atoms with Crippen LogP contribution in [0.25, 0.3) is 0 Å². The highest BCUT2D eigenvalue weighted by Gasteiger charge is 2.04. The number of ketones is 1. The van der Waals surface area contributed by atoms with E-state index in [1.807, 2.05) is 26.0 Å². The van der Waals surface area contributed by atoms with Gasteiger partial charge in [0.1, 0.15) is 5.78 Å². The number of carbonyl (C=O) groups is 2. The summed E-state index contributed by atoms with van der Waals surface area (Å²) < 4.78 is 0. The minimum absolute atomic E-state index is 0.0114. The first-order valence-electron chi connectivity index (χ1n) is 8.16. The van der Waals surface area contributed by atoms with Crippen molar-refractivity contribution >= 4 is 29.0 Å². The molecule has 0 aliphatic carbocycles. The molecular weight excluding hydrogens is 298 g/mol. The van der Waals surface area contributed by atoms with Gasteiger partial charge in [-0.05, 0) is 49.4 Å². The van der Waals surface area contributed by atoms with Gasteiger partial charge < -0.3 is 5.32 Å². The fourth-order valence-electron chi connectivity index (χ4n) is 2.35. The van der Waals surface area contributed by atoms with Crippen molar-refractivity contribution in [2.75, 3.05) is 5.32 Å². The Bertz CT molecular complexity index is 500. The molecule has 0 spiro atoms. The number of halogens is 1. The minimum atomic E-state index is -0.0114. The van der Waals surface area contributed by atoms with Crippen LogP contribution < -0.4 is 5.32 Å². The second kappa shape index (κ2) is 10.4. The molecule has 4 heteroatoms. The number of hydrogen-bond acceptors (Lipinski definition) is 2. The van der Waals surface area contributed by atoms with Gasteiger partial charge in [0.25, 0.3) is 0 Å². The van der Waals surface area contributed by atoms with Gasteiger partial charge in [-0.15, -0.1) is 0 Å². The normalized spacial score (nSPS) is 10.5. The van der Waals surface area contributed by atoms with Crippen LogP contribution >= 0.6 is 11.6 Å². The monoisotopic (exact) mass is 323 g/mol. The highest BCUT2D eigenvalue weighted by molar-refractivity contribution is 6.31. The van der Waals surface area contributed by atoms with Crippen molar-refractivity contribution in [2.24, 2.45) is 0 Å². The molecule has 0 saturated heterocycles. The molecule has 0 aliphatic rings. The Balaban J connectivity index is 2.39. The van der Waals surface area contributed by atoms with E-state index in [1.54, 1.807) is 6.07 Å². The number of rotatable bonds is 10. The number of unbranched alkanes of at least 4 members (excludes halogenated alkanes) is 2. The maximum absolute atomic E-state index is 11.4. The van der Waals surface area contributed by atoms with Gasteiger partial charge in [0.15, 0.2) is 0 Å². The summed E-state index contributed by atoms with van der Waals surface area (Å²) in [4.78, 5) is 22.9. The number of benzene rings is 1. The molecule has 0 heterocycles. The van der Waals surface area contributed by atoms with Gasteiger partial charge in [0.05, 0.1) is 0 Å². The first kappa shape index (κ1) is 18.7. The van der Waals surface area contributed by atoms with Gasteiger partial charge in [-0.2, -0.15) is 0 Å². The van der Waals surface area contributed by atoms with E-state index in [2.05, 4.69) is 5.32 Å². The highest BCUT2D eigenvalue weighted by atomic mass is 35.5. The number of nitrogens with one attached hydrogen (secondary N) is 1. The van der Waals surface area contributed by atoms with Gasteiger partial charge in [-0.25, -0.2) is 0 Å². The van der Waals surface area contributed by atoms with E-state index in [9.17, 15) is 9.59 Å². The molecule has 0 aromatic heterocycles. The Morgan fingerprint density at radius 3 is 2.50 bits per heavy atom. The zero-order valence-electron chi connectivity index (χ0n) is 13.6. The Labute approximate surface area is 138 Å². The van der Waals surface area contributed by atoms with Crippen LogP contribution in [0.5, 0.6) is 0 Å². The average molecular weight is 324 g/mol. The lowest BCUT2D eigenvalue weighted by atomic mass is 10.0. The number of carbonyl (C=O) groups excluding carboxylic acids is 2. The molecule has 1 N–H and O–H groups in total. The average Bonchev–Trinajstić information content (AvgIpc) is 2.46. The maximum atomic E-state index is 11.4. The summed E-state index contributed by atoms with van der Waals surface area (Å²) in [5.41, 5.74) is 1.88. The molecular formula is C18H26ClNO2. The number of aryl methyl sites for hydroxylation is 1. The molecule has 0 bridgehead atoms. The molecule has 0 saturated carbocycles. The maximum Gasteiger partial charge on any atom is 0.224 e. The lowest BCUT2D eigenvalue weighted by molar-refractivity contribution is -0.119. The van der Waals surface area contributed by atoms with E-state index in [0.29, 0.717) is 30.1 Å². The molecule has 1 aromatic rings. The number of anilines is 1. The first-order chi connectivity index (χ1) is 10.5. The zero-order valence-corrected chi connectivity index (χ0v) is 14.3. The Hall–Kier alpha value is -1.35. The van der Waals surface area contributed by atoms with Crippen LogP contribution in [-0.2, 0) is 16.0 Å². The molecule has 22 heavy (non-hydrogen) atoms. The lowest BCUT2D eigenvalue weighted by Crippen LogP contribution is -2.09. The van der Waals surface area contributed by atoms with Crippen LogP contribution in [0.15, 0.2) is 18.2 Å². The van der Waals surface area contributed by atoms with Crippen molar-refractivity contribution in [3.05, 3.63) is 28.8 Å². The predicted octanol–water partition coefficient (Wildman–Crippen LogP) is 5.16. The molecule has 0 radical (unpaired) electrons. The Kier molecular flexibility index (Phi) is 8.83. The largest absolute Gasteiger partial charge is 0.326 e. The fraction of sp³-hybridized carbons (Fsp3) is 0.556. The minimum Gasteiger partial charge on any atom is -0.326 e. The van der Waals surface area contributed by atoms with Crippen molar-refractivity contribution in [1.29, 1.82) is 0 Å². The summed E-state index contributed by atoms with van der Waals surface area (Å²) in [5.74, 6) is 0.359. The van der Waals surface area contributed by atoms with Crippen molar-refractivity contribution in [1.82, 2.24) is 0 Å². The summed E-state index contributed by atoms with van der Waals surface area (Å²) in [5, 5.41) is 3.48. The van der Waals surface area contributed by atoms with Crippen LogP contribution in [-0.4, -0.2) is 11.7 Å². The topological polar surface area (TPSA) is 46.2 Å². The van der Waals surface area contributed by atoms with E-state index in [4.69, 9.17) is 11.6 Å². The third-order valence-electron chi connectivity index (χ3n) is 3.51. The summed E-state index contributed by atoms with van der Waals surface area (Å²) >= 11 is 6.10. The van der Waals surface area contributed by atoms with Crippen LogP contribution in [0.4, 0.5) is 5.69 Å². The molecule has 3 nitrogen and oxygen atoms in total. The number of hydrogen-bond donors (Lipinski definition) is 1. The summed E-state index contributed by atoms with van der Waals surface area (Å²) in [6, 6.07) is 5.68. The molecule has 1 aromatic carbocycles. The van der Waals surface area contributed by atoms with Gasteiger partial charge in [-0.3, -0.25) is 9.59 Å². The van der Waals surface area contributed by atoms with Gasteiger partial charge >= 0.3 is 0 Å². The smallest absolute Gasteiger partial charge is 0.224 e. The quantitative estimate of drug-likeness (QED) is 0.604. The molecule has 0 atom stereocenters. The SMILES string of the molecule is CCCC(=O)CCCCCc1cc(Cl)cc(NC(=O)CC)c1. The van der Waals surface area contributed by atoms with Crippen molar-refractivity contribution in [2.45, 2.75) is 65.2 Å². The van der Waals surface area contributed by atoms with Crippen molar-refractivity contribution in [3.63, 3.8) is 0 Å². The molecule has 1 rings (SSSR count). The zero-order chi connectivity index (χ0) is 16.4. The predicted molar refractivity (Wildman–Crippen MR) is 92.5 cm³/mol. The number of amides is 1. The lowest BCUT2D eigenvalue weighted by Gasteiger charge is -2.08. The van der Waals surface area contributed by atoms with Crippen molar-refractivity contribution < 1.29 is 9.59 Å². The molecule has 1 amide bonds. The summed E-state index contributed by atoms with van der Waals surface area (Å²) in [7, 11) is 0. The summed E-state index contributed by atoms with van der Waals surface area (Å²) in [6.07, 6.45) is 6.73. The third kappa shape index (κ3) is 7.60. The van der Waals surface area contributed by atoms with E-state index in [0.717, 1.165) is 43.4 Å². The summed E-state index contributed by atoms with van der Waals surface area (Å²) in [6.45, 7) is 3.85. The standard InChI is InChI=1S/C18H26ClNO2/c1-3-8-17(21)10-7-5-6-9-14-11-15(19)13-16(12-14)20-18(22)4-2/h11-13H,3-10H2,1-2H3,(H,20,22). The van der Waals surface area contributed by atoms with Crippen LogP contribution in [0.1, 0.15) is 64.4 Å². The fourth-order valence-corrected chi connectivity index (χ4v) is 2.61. The van der Waals surface area contributed by atoms with Crippen LogP contribution in [0, 0.1) is 0 Å².